The highest BCUT2D eigenvalue weighted by Crippen LogP contribution is 2.73. The predicted molar refractivity (Wildman–Crippen MR) is 182 cm³/mol. The normalized spacial score (nSPS) is 12.4. The van der Waals surface area contributed by atoms with Crippen molar-refractivity contribution in [2.75, 3.05) is 0 Å². The molecular formula is C40H26N2O2S. The van der Waals surface area contributed by atoms with Gasteiger partial charge in [0.1, 0.15) is 23.1 Å². The molecule has 4 nitrogen and oxygen atoms in total. The molecule has 0 radical (unpaired) electrons. The van der Waals surface area contributed by atoms with Crippen LogP contribution in [0.15, 0.2) is 187 Å². The summed E-state index contributed by atoms with van der Waals surface area (Å²) in [6, 6.07) is 52.3. The van der Waals surface area contributed by atoms with E-state index >= 15 is 0 Å². The number of hydrogen-bond donors (Lipinski definition) is 0. The molecule has 0 amide bonds. The molecule has 0 aliphatic carbocycles. The van der Waals surface area contributed by atoms with E-state index in [1.165, 1.54) is 25.9 Å². The number of hydrogen-bond acceptors (Lipinski definition) is 4. The monoisotopic (exact) mass is 598 g/mol. The van der Waals surface area contributed by atoms with Gasteiger partial charge in [-0.1, -0.05) is 66.7 Å². The summed E-state index contributed by atoms with van der Waals surface area (Å²) in [5.41, 5.74) is 5.35. The highest BCUT2D eigenvalue weighted by atomic mass is 32.3. The van der Waals surface area contributed by atoms with Crippen molar-refractivity contribution in [1.29, 1.82) is 0 Å². The molecular weight excluding hydrogens is 573 g/mol. The van der Waals surface area contributed by atoms with Crippen molar-refractivity contribution in [3.8, 4) is 11.1 Å². The average Bonchev–Trinajstić information content (AvgIpc) is 3.67. The maximum absolute atomic E-state index is 6.42. The van der Waals surface area contributed by atoms with Gasteiger partial charge in [0.25, 0.3) is 0 Å². The van der Waals surface area contributed by atoms with Crippen LogP contribution in [0.2, 0.25) is 0 Å². The molecule has 0 bridgehead atoms. The number of furan rings is 2. The molecule has 214 valence electrons. The first-order valence-corrected chi connectivity index (χ1v) is 16.5. The van der Waals surface area contributed by atoms with E-state index in [-0.39, 0.29) is 0 Å². The molecule has 0 atom stereocenters. The van der Waals surface area contributed by atoms with Crippen molar-refractivity contribution in [2.45, 2.75) is 19.6 Å². The van der Waals surface area contributed by atoms with E-state index < -0.39 is 10.0 Å². The third kappa shape index (κ3) is 4.01. The summed E-state index contributed by atoms with van der Waals surface area (Å²) in [6.45, 7) is 0. The number of rotatable bonds is 5. The molecule has 3 aromatic heterocycles. The van der Waals surface area contributed by atoms with Crippen molar-refractivity contribution < 1.29 is 8.83 Å². The van der Waals surface area contributed by atoms with Crippen LogP contribution < -0.4 is 0 Å². The highest BCUT2D eigenvalue weighted by Gasteiger charge is 2.33. The molecule has 45 heavy (non-hydrogen) atoms. The van der Waals surface area contributed by atoms with E-state index in [1.54, 1.807) is 0 Å². The lowest BCUT2D eigenvalue weighted by molar-refractivity contribution is 0.653. The Morgan fingerprint density at radius 1 is 0.422 bits per heavy atom. The molecule has 9 aromatic rings. The largest absolute Gasteiger partial charge is 0.456 e. The Morgan fingerprint density at radius 3 is 1.49 bits per heavy atom. The quantitative estimate of drug-likeness (QED) is 0.198. The van der Waals surface area contributed by atoms with Crippen LogP contribution in [0.1, 0.15) is 0 Å². The van der Waals surface area contributed by atoms with Gasteiger partial charge in [-0.05, 0) is 90.0 Å². The standard InChI is InChI=1S/C40H26N2O2S/c1-4-10-29(11-5-1)45(30-12-6-2-7-13-30,31-14-8-3-9-15-31)32-18-21-38-35(24-32)33-22-27(16-19-37(33)43-38)28-17-20-39-34(23-28)36-25-41-26-42-40(36)44-39/h1-26H. The number of nitrogens with zero attached hydrogens (tertiary/aromatic N) is 2. The van der Waals surface area contributed by atoms with Crippen LogP contribution in [0.25, 0.3) is 55.1 Å². The zero-order valence-electron chi connectivity index (χ0n) is 24.1. The Kier molecular flexibility index (Phi) is 5.86. The van der Waals surface area contributed by atoms with Crippen LogP contribution in [0, 0.1) is 0 Å². The van der Waals surface area contributed by atoms with E-state index in [0.717, 1.165) is 49.4 Å². The summed E-state index contributed by atoms with van der Waals surface area (Å²) in [7, 11) is -1.81. The summed E-state index contributed by atoms with van der Waals surface area (Å²) in [5, 5.41) is 4.11. The third-order valence-corrected chi connectivity index (χ3v) is 12.5. The highest BCUT2D eigenvalue weighted by molar-refractivity contribution is 8.34. The summed E-state index contributed by atoms with van der Waals surface area (Å²) < 4.78 is 12.4. The third-order valence-electron chi connectivity index (χ3n) is 8.57. The molecule has 0 saturated heterocycles. The Labute approximate surface area is 260 Å². The van der Waals surface area contributed by atoms with E-state index in [1.807, 2.05) is 12.3 Å². The molecule has 6 aromatic carbocycles. The smallest absolute Gasteiger partial charge is 0.230 e. The van der Waals surface area contributed by atoms with Crippen LogP contribution in [-0.4, -0.2) is 9.97 Å². The Balaban J connectivity index is 1.28. The van der Waals surface area contributed by atoms with Crippen LogP contribution in [0.5, 0.6) is 0 Å². The van der Waals surface area contributed by atoms with Crippen molar-refractivity contribution in [3.63, 3.8) is 0 Å². The minimum Gasteiger partial charge on any atom is -0.456 e. The van der Waals surface area contributed by atoms with Gasteiger partial charge in [0.15, 0.2) is 0 Å². The zero-order valence-corrected chi connectivity index (χ0v) is 24.9. The molecule has 3 heterocycles. The number of fused-ring (bicyclic) bond motifs is 6. The fourth-order valence-corrected chi connectivity index (χ4v) is 10.4. The fourth-order valence-electron chi connectivity index (χ4n) is 6.51. The Morgan fingerprint density at radius 2 is 0.911 bits per heavy atom. The van der Waals surface area contributed by atoms with Gasteiger partial charge in [-0.15, -0.1) is 10.0 Å². The van der Waals surface area contributed by atoms with E-state index in [2.05, 4.69) is 149 Å². The second kappa shape index (κ2) is 10.2. The molecule has 0 aliphatic rings. The van der Waals surface area contributed by atoms with Crippen LogP contribution in [-0.2, 0) is 0 Å². The van der Waals surface area contributed by atoms with Gasteiger partial charge in [0, 0.05) is 41.9 Å². The molecule has 0 aliphatic heterocycles. The predicted octanol–water partition coefficient (Wildman–Crippen LogP) is 11.3. The average molecular weight is 599 g/mol. The van der Waals surface area contributed by atoms with Crippen molar-refractivity contribution in [1.82, 2.24) is 9.97 Å². The maximum Gasteiger partial charge on any atom is 0.230 e. The second-order valence-electron chi connectivity index (χ2n) is 11.1. The summed E-state index contributed by atoms with van der Waals surface area (Å²) in [6.07, 6.45) is 3.33. The number of benzene rings is 6. The second-order valence-corrected chi connectivity index (χ2v) is 14.2. The maximum atomic E-state index is 6.42. The zero-order chi connectivity index (χ0) is 29.8. The molecule has 0 N–H and O–H groups in total. The van der Waals surface area contributed by atoms with Gasteiger partial charge in [0.05, 0.1) is 5.39 Å². The molecule has 0 unspecified atom stereocenters. The summed E-state index contributed by atoms with van der Waals surface area (Å²) in [4.78, 5) is 13.6. The summed E-state index contributed by atoms with van der Waals surface area (Å²) in [5.74, 6) is 0. The van der Waals surface area contributed by atoms with Gasteiger partial charge in [-0.3, -0.25) is 0 Å². The van der Waals surface area contributed by atoms with Crippen molar-refractivity contribution in [2.24, 2.45) is 0 Å². The van der Waals surface area contributed by atoms with E-state index in [0.29, 0.717) is 5.71 Å². The molecule has 0 fully saturated rings. The van der Waals surface area contributed by atoms with Gasteiger partial charge in [-0.25, -0.2) is 9.97 Å². The first-order chi connectivity index (χ1) is 22.3. The van der Waals surface area contributed by atoms with E-state index in [9.17, 15) is 0 Å². The van der Waals surface area contributed by atoms with Crippen LogP contribution >= 0.6 is 10.0 Å². The fraction of sp³-hybridized carbons (Fsp3) is 0. The first kappa shape index (κ1) is 25.8. The minimum atomic E-state index is -1.81. The summed E-state index contributed by atoms with van der Waals surface area (Å²) >= 11 is 0. The lowest BCUT2D eigenvalue weighted by Gasteiger charge is -2.42. The van der Waals surface area contributed by atoms with Gasteiger partial charge < -0.3 is 8.83 Å². The topological polar surface area (TPSA) is 52.1 Å². The van der Waals surface area contributed by atoms with Crippen molar-refractivity contribution >= 4 is 54.0 Å². The van der Waals surface area contributed by atoms with Crippen molar-refractivity contribution in [3.05, 3.63) is 158 Å². The van der Waals surface area contributed by atoms with Crippen LogP contribution in [0.4, 0.5) is 0 Å². The van der Waals surface area contributed by atoms with Gasteiger partial charge in [0.2, 0.25) is 5.71 Å². The lowest BCUT2D eigenvalue weighted by atomic mass is 10.0. The van der Waals surface area contributed by atoms with Crippen LogP contribution in [0.3, 0.4) is 0 Å². The van der Waals surface area contributed by atoms with Gasteiger partial charge >= 0.3 is 0 Å². The lowest BCUT2D eigenvalue weighted by Crippen LogP contribution is -2.04. The molecule has 5 heteroatoms. The molecule has 9 rings (SSSR count). The SMILES string of the molecule is c1ccc(S(c2ccccc2)(c2ccccc2)c2ccc3oc4ccc(-c5ccc6oc7ncncc7c6c5)cc4c3c2)cc1. The minimum absolute atomic E-state index is 0.599. The Hall–Kier alpha value is -5.65. The molecule has 0 spiro atoms. The van der Waals surface area contributed by atoms with Gasteiger partial charge in [-0.2, -0.15) is 0 Å². The number of aromatic nitrogens is 2. The van der Waals surface area contributed by atoms with E-state index in [4.69, 9.17) is 8.83 Å². The molecule has 0 saturated carbocycles. The Bertz CT molecular complexity index is 2390. The first-order valence-electron chi connectivity index (χ1n) is 14.9.